The topological polar surface area (TPSA) is 95.2 Å². The molecule has 0 saturated heterocycles. The molecule has 0 radical (unpaired) electrons. The fourth-order valence-electron chi connectivity index (χ4n) is 3.77. The highest BCUT2D eigenvalue weighted by Gasteiger charge is 2.18. The molecule has 0 saturated carbocycles. The van der Waals surface area contributed by atoms with Crippen molar-refractivity contribution >= 4 is 50.6 Å². The molecule has 148 valence electrons. The van der Waals surface area contributed by atoms with Crippen molar-refractivity contribution in [2.75, 3.05) is 13.1 Å². The Bertz CT molecular complexity index is 1430. The molecule has 9 heteroatoms. The predicted octanol–water partition coefficient (Wildman–Crippen LogP) is 4.65. The van der Waals surface area contributed by atoms with Gasteiger partial charge in [0.05, 0.1) is 25.9 Å². The van der Waals surface area contributed by atoms with Crippen molar-refractivity contribution in [3.05, 3.63) is 52.6 Å². The molecule has 0 unspecified atom stereocenters. The van der Waals surface area contributed by atoms with Crippen molar-refractivity contribution in [3.8, 4) is 22.1 Å². The van der Waals surface area contributed by atoms with Crippen LogP contribution in [0.4, 0.5) is 0 Å². The smallest absolute Gasteiger partial charge is 0.161 e. The summed E-state index contributed by atoms with van der Waals surface area (Å²) in [5, 5.41) is 10.9. The van der Waals surface area contributed by atoms with Crippen LogP contribution in [-0.4, -0.2) is 43.2 Å². The maximum Gasteiger partial charge on any atom is 0.161 e. The van der Waals surface area contributed by atoms with E-state index in [0.717, 1.165) is 62.2 Å². The molecule has 6 heterocycles. The van der Waals surface area contributed by atoms with Gasteiger partial charge in [0, 0.05) is 12.7 Å². The van der Waals surface area contributed by atoms with Crippen LogP contribution in [0, 0.1) is 0 Å². The van der Waals surface area contributed by atoms with E-state index in [-0.39, 0.29) is 0 Å². The number of hydrogen-bond donors (Lipinski definition) is 3. The number of pyridine rings is 2. The van der Waals surface area contributed by atoms with E-state index < -0.39 is 0 Å². The summed E-state index contributed by atoms with van der Waals surface area (Å²) >= 11 is 7.61. The molecule has 7 nitrogen and oxygen atoms in total. The summed E-state index contributed by atoms with van der Waals surface area (Å²) in [7, 11) is 0. The molecule has 1 aliphatic rings. The van der Waals surface area contributed by atoms with Crippen LogP contribution in [0.3, 0.4) is 0 Å². The fourth-order valence-corrected chi connectivity index (χ4v) is 4.81. The third-order valence-electron chi connectivity index (χ3n) is 5.23. The molecule has 0 aromatic carbocycles. The first-order valence-electron chi connectivity index (χ1n) is 9.62. The Labute approximate surface area is 180 Å². The number of H-pyrrole nitrogens is 2. The molecule has 6 rings (SSSR count). The van der Waals surface area contributed by atoms with Gasteiger partial charge < -0.3 is 10.3 Å². The van der Waals surface area contributed by atoms with Gasteiger partial charge in [0.2, 0.25) is 0 Å². The number of aromatic amines is 2. The minimum Gasteiger partial charge on any atom is -0.336 e. The molecule has 0 aliphatic carbocycles. The second kappa shape index (κ2) is 7.02. The van der Waals surface area contributed by atoms with Crippen LogP contribution in [-0.2, 0) is 0 Å². The Balaban J connectivity index is 1.49. The van der Waals surface area contributed by atoms with Crippen molar-refractivity contribution in [2.24, 2.45) is 0 Å². The molecule has 0 spiro atoms. The van der Waals surface area contributed by atoms with Gasteiger partial charge in [-0.15, -0.1) is 11.3 Å². The van der Waals surface area contributed by atoms with Gasteiger partial charge in [-0.05, 0) is 48.9 Å². The molecule has 0 bridgehead atoms. The van der Waals surface area contributed by atoms with Gasteiger partial charge in [0.1, 0.15) is 16.7 Å². The van der Waals surface area contributed by atoms with Gasteiger partial charge >= 0.3 is 0 Å². The molecule has 5 aromatic rings. The first-order valence-corrected chi connectivity index (χ1v) is 10.8. The standard InChI is InChI=1S/C21H16ClN7S/c22-16-4-3-15(30-16)19-17-13(7-10-24-19)26-21(27-17)20-18-14(28-29-20)2-1-12(25-18)11-5-8-23-9-6-11/h1-5,7,10,23H,6,8-9H2,(H,26,27)(H,28,29). The highest BCUT2D eigenvalue weighted by Crippen LogP contribution is 2.34. The number of aromatic nitrogens is 6. The van der Waals surface area contributed by atoms with Crippen LogP contribution < -0.4 is 5.32 Å². The van der Waals surface area contributed by atoms with Gasteiger partial charge in [-0.25, -0.2) is 9.97 Å². The number of hydrogen-bond acceptors (Lipinski definition) is 6. The number of fused-ring (bicyclic) bond motifs is 2. The maximum absolute atomic E-state index is 6.12. The average Bonchev–Trinajstić information content (AvgIpc) is 3.51. The average molecular weight is 434 g/mol. The molecule has 0 amide bonds. The lowest BCUT2D eigenvalue weighted by Crippen LogP contribution is -2.20. The molecule has 5 aromatic heterocycles. The second-order valence-corrected chi connectivity index (χ2v) is 8.81. The fraction of sp³-hybridized carbons (Fsp3) is 0.143. The molecule has 0 atom stereocenters. The molecular weight excluding hydrogens is 418 g/mol. The molecular formula is C21H16ClN7S. The third kappa shape index (κ3) is 2.92. The number of rotatable bonds is 3. The van der Waals surface area contributed by atoms with Gasteiger partial charge in [-0.1, -0.05) is 17.7 Å². The summed E-state index contributed by atoms with van der Waals surface area (Å²) in [6.45, 7) is 1.84. The van der Waals surface area contributed by atoms with Crippen LogP contribution in [0.5, 0.6) is 0 Å². The maximum atomic E-state index is 6.12. The summed E-state index contributed by atoms with van der Waals surface area (Å²) in [4.78, 5) is 18.6. The number of thiophene rings is 1. The lowest BCUT2D eigenvalue weighted by molar-refractivity contribution is 0.737. The van der Waals surface area contributed by atoms with Gasteiger partial charge in [-0.2, -0.15) is 5.10 Å². The Morgan fingerprint density at radius 1 is 0.967 bits per heavy atom. The van der Waals surface area contributed by atoms with Crippen molar-refractivity contribution < 1.29 is 0 Å². The number of imidazole rings is 1. The third-order valence-corrected chi connectivity index (χ3v) is 6.47. The van der Waals surface area contributed by atoms with Crippen LogP contribution in [0.15, 0.2) is 42.6 Å². The summed E-state index contributed by atoms with van der Waals surface area (Å²) in [5.74, 6) is 0.664. The van der Waals surface area contributed by atoms with E-state index in [1.807, 2.05) is 30.3 Å². The van der Waals surface area contributed by atoms with Crippen LogP contribution in [0.2, 0.25) is 4.34 Å². The summed E-state index contributed by atoms with van der Waals surface area (Å²) in [6.07, 6.45) is 4.94. The summed E-state index contributed by atoms with van der Waals surface area (Å²) < 4.78 is 0.724. The zero-order chi connectivity index (χ0) is 20.1. The SMILES string of the molecule is Clc1ccc(-c2nccc3[nH]c(-c4n[nH]c5ccc(C6=CCNCC6)nc45)nc23)s1. The van der Waals surface area contributed by atoms with E-state index in [0.29, 0.717) is 11.5 Å². The first kappa shape index (κ1) is 17.8. The number of halogens is 1. The number of nitrogens with zero attached hydrogens (tertiary/aromatic N) is 4. The minimum atomic E-state index is 0.664. The lowest BCUT2D eigenvalue weighted by Gasteiger charge is -2.13. The van der Waals surface area contributed by atoms with Crippen molar-refractivity contribution in [1.29, 1.82) is 0 Å². The Morgan fingerprint density at radius 3 is 2.73 bits per heavy atom. The summed E-state index contributed by atoms with van der Waals surface area (Å²) in [5.41, 5.74) is 7.12. The zero-order valence-electron chi connectivity index (χ0n) is 15.7. The van der Waals surface area contributed by atoms with Crippen LogP contribution in [0.1, 0.15) is 12.1 Å². The van der Waals surface area contributed by atoms with E-state index in [9.17, 15) is 0 Å². The Kier molecular flexibility index (Phi) is 4.15. The second-order valence-electron chi connectivity index (χ2n) is 7.09. The highest BCUT2D eigenvalue weighted by molar-refractivity contribution is 7.19. The zero-order valence-corrected chi connectivity index (χ0v) is 17.3. The van der Waals surface area contributed by atoms with Crippen molar-refractivity contribution in [2.45, 2.75) is 6.42 Å². The van der Waals surface area contributed by atoms with E-state index in [4.69, 9.17) is 21.6 Å². The molecule has 1 aliphatic heterocycles. The van der Waals surface area contributed by atoms with E-state index in [2.05, 4.69) is 31.6 Å². The number of nitrogens with one attached hydrogen (secondary N) is 3. The molecule has 0 fully saturated rings. The Morgan fingerprint density at radius 2 is 1.90 bits per heavy atom. The highest BCUT2D eigenvalue weighted by atomic mass is 35.5. The Hall–Kier alpha value is -3.07. The minimum absolute atomic E-state index is 0.664. The predicted molar refractivity (Wildman–Crippen MR) is 121 cm³/mol. The van der Waals surface area contributed by atoms with E-state index in [1.54, 1.807) is 6.20 Å². The first-order chi connectivity index (χ1) is 14.8. The van der Waals surface area contributed by atoms with Gasteiger partial charge in [0.25, 0.3) is 0 Å². The van der Waals surface area contributed by atoms with Crippen molar-refractivity contribution in [3.63, 3.8) is 0 Å². The lowest BCUT2D eigenvalue weighted by atomic mass is 10.1. The van der Waals surface area contributed by atoms with Crippen LogP contribution in [0.25, 0.3) is 49.7 Å². The summed E-state index contributed by atoms with van der Waals surface area (Å²) in [6, 6.07) is 9.83. The van der Waals surface area contributed by atoms with Crippen molar-refractivity contribution in [1.82, 2.24) is 35.5 Å². The molecule has 30 heavy (non-hydrogen) atoms. The van der Waals surface area contributed by atoms with Gasteiger partial charge in [0.15, 0.2) is 11.5 Å². The largest absolute Gasteiger partial charge is 0.336 e. The van der Waals surface area contributed by atoms with Gasteiger partial charge in [-0.3, -0.25) is 10.1 Å². The van der Waals surface area contributed by atoms with E-state index in [1.165, 1.54) is 16.9 Å². The van der Waals surface area contributed by atoms with E-state index >= 15 is 0 Å². The molecule has 3 N–H and O–H groups in total. The monoisotopic (exact) mass is 433 g/mol. The normalized spacial score (nSPS) is 14.5. The quantitative estimate of drug-likeness (QED) is 0.384. The van der Waals surface area contributed by atoms with Crippen LogP contribution >= 0.6 is 22.9 Å².